The Labute approximate surface area is 177 Å². The molecule has 0 amide bonds. The van der Waals surface area contributed by atoms with E-state index in [1.165, 1.54) is 0 Å². The van der Waals surface area contributed by atoms with Crippen LogP contribution in [0.15, 0.2) is 54.6 Å². The second-order valence-corrected chi connectivity index (χ2v) is 7.21. The molecular weight excluding hydrogens is 393 g/mol. The number of nitrogens with zero attached hydrogens (tertiary/aromatic N) is 3. The summed E-state index contributed by atoms with van der Waals surface area (Å²) in [5.74, 6) is 1.76. The summed E-state index contributed by atoms with van der Waals surface area (Å²) in [5.41, 5.74) is 8.74. The maximum atomic E-state index is 5.74. The van der Waals surface area contributed by atoms with Crippen LogP contribution in [-0.4, -0.2) is 42.1 Å². The Morgan fingerprint density at radius 3 is 2.43 bits per heavy atom. The van der Waals surface area contributed by atoms with Gasteiger partial charge in [-0.3, -0.25) is 4.48 Å². The fourth-order valence-electron chi connectivity index (χ4n) is 3.43. The minimum absolute atomic E-state index is 0. The van der Waals surface area contributed by atoms with Crippen LogP contribution in [0, 0.1) is 0 Å². The van der Waals surface area contributed by atoms with Gasteiger partial charge in [0.2, 0.25) is 5.82 Å². The highest BCUT2D eigenvalue weighted by Crippen LogP contribution is 2.30. The van der Waals surface area contributed by atoms with Crippen molar-refractivity contribution in [3.63, 3.8) is 0 Å². The van der Waals surface area contributed by atoms with Crippen LogP contribution in [0.5, 0.6) is 0 Å². The zero-order valence-electron chi connectivity index (χ0n) is 16.1. The lowest BCUT2D eigenvalue weighted by Crippen LogP contribution is -2.43. The maximum Gasteiger partial charge on any atom is 0.238 e. The first-order valence-electron chi connectivity index (χ1n) is 8.97. The first-order chi connectivity index (χ1) is 12.6. The van der Waals surface area contributed by atoms with Crippen LogP contribution >= 0.6 is 24.8 Å². The van der Waals surface area contributed by atoms with Crippen LogP contribution in [0.25, 0.3) is 33.3 Å². The van der Waals surface area contributed by atoms with Crippen molar-refractivity contribution in [3.8, 4) is 11.5 Å². The highest BCUT2D eigenvalue weighted by Gasteiger charge is 2.25. The molecule has 0 saturated carbocycles. The molecule has 5 nitrogen and oxygen atoms in total. The van der Waals surface area contributed by atoms with E-state index in [1.54, 1.807) is 0 Å². The van der Waals surface area contributed by atoms with E-state index in [9.17, 15) is 0 Å². The molecule has 7 heteroatoms. The van der Waals surface area contributed by atoms with Gasteiger partial charge in [-0.1, -0.05) is 30.3 Å². The normalized spacial score (nSPS) is 11.2. The molecule has 0 bridgehead atoms. The van der Waals surface area contributed by atoms with Crippen molar-refractivity contribution >= 4 is 52.4 Å². The molecule has 2 aromatic heterocycles. The van der Waals surface area contributed by atoms with Crippen molar-refractivity contribution in [1.29, 1.82) is 0 Å². The number of hydrogen-bond acceptors (Lipinski definition) is 3. The molecule has 0 radical (unpaired) electrons. The Morgan fingerprint density at radius 1 is 0.964 bits per heavy atom. The van der Waals surface area contributed by atoms with Gasteiger partial charge in [0.15, 0.2) is 5.82 Å². The highest BCUT2D eigenvalue weighted by molar-refractivity contribution is 5.91. The largest absolute Gasteiger partial charge is 0.352 e. The Balaban J connectivity index is 0.00000140. The Hall–Kier alpha value is -2.18. The fraction of sp³-hybridized carbons (Fsp3) is 0.238. The Kier molecular flexibility index (Phi) is 7.01. The molecule has 0 spiro atoms. The molecule has 0 aliphatic rings. The number of hydrogen-bond donors (Lipinski definition) is 2. The predicted octanol–water partition coefficient (Wildman–Crippen LogP) is 4.54. The molecule has 0 saturated heterocycles. The van der Waals surface area contributed by atoms with Gasteiger partial charge in [0.1, 0.15) is 0 Å². The van der Waals surface area contributed by atoms with Crippen molar-refractivity contribution in [2.75, 3.05) is 27.2 Å². The number of quaternary nitrogens is 1. The summed E-state index contributed by atoms with van der Waals surface area (Å²) in [6.07, 6.45) is 0.951. The van der Waals surface area contributed by atoms with Gasteiger partial charge in [-0.25, -0.2) is 4.98 Å². The van der Waals surface area contributed by atoms with Crippen molar-refractivity contribution in [1.82, 2.24) is 19.4 Å². The summed E-state index contributed by atoms with van der Waals surface area (Å²) in [6, 6.07) is 18.6. The number of rotatable bonds is 5. The molecule has 2 aromatic carbocycles. The van der Waals surface area contributed by atoms with Gasteiger partial charge in [-0.2, -0.15) is 4.98 Å². The Bertz CT molecular complexity index is 1040. The van der Waals surface area contributed by atoms with Crippen molar-refractivity contribution in [2.45, 2.75) is 6.42 Å². The molecule has 3 N–H and O–H groups in total. The molecule has 0 atom stereocenters. The van der Waals surface area contributed by atoms with Gasteiger partial charge in [-0.15, -0.1) is 24.8 Å². The van der Waals surface area contributed by atoms with Crippen LogP contribution in [0.3, 0.4) is 0 Å². The number of fused-ring (bicyclic) bond motifs is 2. The van der Waals surface area contributed by atoms with E-state index in [4.69, 9.17) is 15.7 Å². The third kappa shape index (κ3) is 4.13. The van der Waals surface area contributed by atoms with E-state index in [1.807, 2.05) is 24.3 Å². The summed E-state index contributed by atoms with van der Waals surface area (Å²) in [7, 11) is 4.36. The monoisotopic (exact) mass is 418 g/mol. The molecule has 0 aliphatic heterocycles. The van der Waals surface area contributed by atoms with Gasteiger partial charge in [-0.05, 0) is 30.8 Å². The molecule has 2 heterocycles. The zero-order valence-corrected chi connectivity index (χ0v) is 17.7. The molecule has 0 unspecified atom stereocenters. The quantitative estimate of drug-likeness (QED) is 0.467. The standard InChI is InChI=1S/C21H24N5.2ClH/c1-26(2,13-7-12-22)21-16-9-4-6-11-18(16)24-20(25-21)19-14-15-8-3-5-10-17(15)23-19;;/h3-6,8-11,14,23H,7,12-13,22H2,1-2H3;2*1H/q+1;;. The number of nitrogens with two attached hydrogens (primary N) is 1. The second-order valence-electron chi connectivity index (χ2n) is 7.21. The number of para-hydroxylation sites is 2. The molecular formula is C21H26Cl2N5+. The van der Waals surface area contributed by atoms with E-state index in [0.717, 1.165) is 52.1 Å². The lowest BCUT2D eigenvalue weighted by molar-refractivity contribution is 0.386. The molecule has 4 aromatic rings. The molecule has 28 heavy (non-hydrogen) atoms. The van der Waals surface area contributed by atoms with Crippen LogP contribution < -0.4 is 10.2 Å². The van der Waals surface area contributed by atoms with Crippen molar-refractivity contribution in [2.24, 2.45) is 5.73 Å². The molecule has 0 aliphatic carbocycles. The number of halogens is 2. The lowest BCUT2D eigenvalue weighted by Gasteiger charge is -2.29. The van der Waals surface area contributed by atoms with E-state index in [-0.39, 0.29) is 24.8 Å². The van der Waals surface area contributed by atoms with Gasteiger partial charge < -0.3 is 10.7 Å². The summed E-state index contributed by atoms with van der Waals surface area (Å²) >= 11 is 0. The topological polar surface area (TPSA) is 67.6 Å². The van der Waals surface area contributed by atoms with E-state index in [2.05, 4.69) is 49.4 Å². The lowest BCUT2D eigenvalue weighted by atomic mass is 10.2. The molecule has 148 valence electrons. The number of benzene rings is 2. The summed E-state index contributed by atoms with van der Waals surface area (Å²) < 4.78 is 0.674. The van der Waals surface area contributed by atoms with Crippen molar-refractivity contribution < 1.29 is 0 Å². The van der Waals surface area contributed by atoms with Gasteiger partial charge >= 0.3 is 0 Å². The summed E-state index contributed by atoms with van der Waals surface area (Å²) in [6.45, 7) is 1.61. The van der Waals surface area contributed by atoms with E-state index in [0.29, 0.717) is 11.0 Å². The average Bonchev–Trinajstić information content (AvgIpc) is 3.10. The summed E-state index contributed by atoms with van der Waals surface area (Å²) in [4.78, 5) is 13.2. The second kappa shape index (κ2) is 8.88. The van der Waals surface area contributed by atoms with E-state index >= 15 is 0 Å². The van der Waals surface area contributed by atoms with Gasteiger partial charge in [0.25, 0.3) is 0 Å². The van der Waals surface area contributed by atoms with Crippen molar-refractivity contribution in [3.05, 3.63) is 54.6 Å². The van der Waals surface area contributed by atoms with Crippen LogP contribution in [0.1, 0.15) is 6.42 Å². The number of aromatic nitrogens is 3. The molecule has 0 fully saturated rings. The predicted molar refractivity (Wildman–Crippen MR) is 124 cm³/mol. The first-order valence-corrected chi connectivity index (χ1v) is 8.97. The first kappa shape index (κ1) is 22.1. The number of aromatic amines is 1. The van der Waals surface area contributed by atoms with Gasteiger partial charge in [0.05, 0.1) is 37.2 Å². The maximum absolute atomic E-state index is 5.74. The minimum atomic E-state index is 0. The van der Waals surface area contributed by atoms with Gasteiger partial charge in [0, 0.05) is 17.3 Å². The number of nitrogens with one attached hydrogen (secondary N) is 1. The Morgan fingerprint density at radius 2 is 1.68 bits per heavy atom. The molecule has 4 rings (SSSR count). The number of H-pyrrole nitrogens is 1. The third-order valence-corrected chi connectivity index (χ3v) is 4.85. The summed E-state index contributed by atoms with van der Waals surface area (Å²) in [5, 5.41) is 2.26. The van der Waals surface area contributed by atoms with Crippen LogP contribution in [0.2, 0.25) is 0 Å². The smallest absolute Gasteiger partial charge is 0.238 e. The average molecular weight is 419 g/mol. The fourth-order valence-corrected chi connectivity index (χ4v) is 3.43. The highest BCUT2D eigenvalue weighted by atomic mass is 35.5. The van der Waals surface area contributed by atoms with Crippen LogP contribution in [0.4, 0.5) is 5.82 Å². The van der Waals surface area contributed by atoms with Crippen LogP contribution in [-0.2, 0) is 0 Å². The zero-order chi connectivity index (χ0) is 18.1. The third-order valence-electron chi connectivity index (χ3n) is 4.85. The SMILES string of the molecule is C[N+](C)(CCCN)c1nc(-c2cc3ccccc3[nH]2)nc2ccccc12.Cl.Cl. The minimum Gasteiger partial charge on any atom is -0.352 e. The van der Waals surface area contributed by atoms with E-state index < -0.39 is 0 Å².